The molecule has 7 heteroatoms. The number of β-amino-alcohol motifs (C(OH)–C–C–N with tert-alkyl or cyclic N) is 1. The van der Waals surface area contributed by atoms with E-state index >= 15 is 0 Å². The Morgan fingerprint density at radius 2 is 2.48 bits per heavy atom. The highest BCUT2D eigenvalue weighted by molar-refractivity contribution is 7.99. The number of nitrogen functional groups attached to an aromatic ring is 1. The van der Waals surface area contributed by atoms with E-state index in [1.807, 2.05) is 6.26 Å². The topological polar surface area (TPSA) is 78.6 Å². The number of carbonyl (C=O) groups excluding carboxylic acids is 1. The number of thioether (sulfide) groups is 1. The predicted molar refractivity (Wildman–Crippen MR) is 90.5 cm³/mol. The van der Waals surface area contributed by atoms with Gasteiger partial charge in [-0.3, -0.25) is 4.79 Å². The van der Waals surface area contributed by atoms with E-state index in [1.165, 1.54) is 11.3 Å². The van der Waals surface area contributed by atoms with E-state index in [-0.39, 0.29) is 12.0 Å². The van der Waals surface area contributed by atoms with Crippen molar-refractivity contribution in [2.24, 2.45) is 0 Å². The van der Waals surface area contributed by atoms with Gasteiger partial charge in [-0.15, -0.1) is 29.7 Å². The molecule has 0 spiro atoms. The van der Waals surface area contributed by atoms with Gasteiger partial charge in [0.15, 0.2) is 0 Å². The minimum absolute atomic E-state index is 0.170. The van der Waals surface area contributed by atoms with E-state index in [1.54, 1.807) is 17.8 Å². The first-order valence-electron chi connectivity index (χ1n) is 6.86. The van der Waals surface area contributed by atoms with E-state index in [9.17, 15) is 9.90 Å². The average molecular weight is 327 g/mol. The third-order valence-corrected chi connectivity index (χ3v) is 5.60. The minimum Gasteiger partial charge on any atom is -0.396 e. The van der Waals surface area contributed by atoms with Crippen LogP contribution in [0.4, 0.5) is 10.7 Å². The fourth-order valence-electron chi connectivity index (χ4n) is 2.37. The normalized spacial score (nSPS) is 18.6. The Labute approximate surface area is 133 Å². The van der Waals surface area contributed by atoms with Crippen molar-refractivity contribution in [3.8, 4) is 0 Å². The van der Waals surface area contributed by atoms with Gasteiger partial charge in [-0.25, -0.2) is 0 Å². The molecule has 1 fully saturated rings. The summed E-state index contributed by atoms with van der Waals surface area (Å²) in [6.07, 6.45) is 5.06. The molecule has 21 heavy (non-hydrogen) atoms. The molecular weight excluding hydrogens is 306 g/mol. The van der Waals surface area contributed by atoms with Crippen LogP contribution in [0, 0.1) is 0 Å². The van der Waals surface area contributed by atoms with Crippen molar-refractivity contribution in [2.75, 3.05) is 36.5 Å². The van der Waals surface area contributed by atoms with Gasteiger partial charge < -0.3 is 21.1 Å². The van der Waals surface area contributed by atoms with Crippen LogP contribution in [0.2, 0.25) is 0 Å². The zero-order chi connectivity index (χ0) is 15.4. The fourth-order valence-corrected chi connectivity index (χ4v) is 4.51. The zero-order valence-electron chi connectivity index (χ0n) is 12.1. The van der Waals surface area contributed by atoms with Gasteiger partial charge in [-0.05, 0) is 19.1 Å². The molecule has 1 aliphatic rings. The van der Waals surface area contributed by atoms with Crippen LogP contribution < -0.4 is 16.0 Å². The average Bonchev–Trinajstić information content (AvgIpc) is 2.81. The van der Waals surface area contributed by atoms with Crippen molar-refractivity contribution in [3.63, 3.8) is 0 Å². The SMILES string of the molecule is C=CCNC(=O)c1sc(N2CCCC(O)C2)c(SC)c1N. The number of hydrogen-bond acceptors (Lipinski definition) is 6. The van der Waals surface area contributed by atoms with Crippen molar-refractivity contribution < 1.29 is 9.90 Å². The van der Waals surface area contributed by atoms with Gasteiger partial charge in [0, 0.05) is 19.6 Å². The Morgan fingerprint density at radius 3 is 3.10 bits per heavy atom. The van der Waals surface area contributed by atoms with Gasteiger partial charge >= 0.3 is 0 Å². The number of hydrogen-bond donors (Lipinski definition) is 3. The van der Waals surface area contributed by atoms with Crippen LogP contribution in [0.3, 0.4) is 0 Å². The van der Waals surface area contributed by atoms with Gasteiger partial charge in [0.1, 0.15) is 9.88 Å². The predicted octanol–water partition coefficient (Wildman–Crippen LogP) is 1.93. The third kappa shape index (κ3) is 3.53. The molecule has 2 heterocycles. The first kappa shape index (κ1) is 16.2. The van der Waals surface area contributed by atoms with Crippen molar-refractivity contribution in [1.82, 2.24) is 5.32 Å². The van der Waals surface area contributed by atoms with Gasteiger partial charge in [-0.1, -0.05) is 6.08 Å². The highest BCUT2D eigenvalue weighted by Crippen LogP contribution is 2.44. The Kier molecular flexibility index (Phi) is 5.55. The number of piperidine rings is 1. The number of aliphatic hydroxyl groups excluding tert-OH is 1. The molecule has 1 amide bonds. The minimum atomic E-state index is -0.310. The van der Waals surface area contributed by atoms with E-state index in [2.05, 4.69) is 16.8 Å². The van der Waals surface area contributed by atoms with Crippen molar-refractivity contribution in [1.29, 1.82) is 0 Å². The van der Waals surface area contributed by atoms with E-state index in [0.717, 1.165) is 29.3 Å². The van der Waals surface area contributed by atoms with E-state index in [4.69, 9.17) is 5.73 Å². The number of carbonyl (C=O) groups is 1. The Hall–Kier alpha value is -1.18. The number of anilines is 2. The maximum absolute atomic E-state index is 12.1. The van der Waals surface area contributed by atoms with Gasteiger partial charge in [0.05, 0.1) is 16.7 Å². The molecule has 1 unspecified atom stereocenters. The molecule has 0 radical (unpaired) electrons. The molecule has 116 valence electrons. The number of aliphatic hydroxyl groups is 1. The van der Waals surface area contributed by atoms with Crippen LogP contribution in [0.5, 0.6) is 0 Å². The summed E-state index contributed by atoms with van der Waals surface area (Å²) in [7, 11) is 0. The Balaban J connectivity index is 2.29. The first-order valence-corrected chi connectivity index (χ1v) is 8.91. The molecule has 1 aliphatic heterocycles. The molecule has 1 aromatic rings. The first-order chi connectivity index (χ1) is 10.1. The second-order valence-electron chi connectivity index (χ2n) is 4.92. The molecule has 0 saturated carbocycles. The smallest absolute Gasteiger partial charge is 0.263 e. The maximum atomic E-state index is 12.1. The lowest BCUT2D eigenvalue weighted by Crippen LogP contribution is -2.38. The Bertz CT molecular complexity index is 531. The molecule has 1 saturated heterocycles. The molecule has 0 aromatic carbocycles. The largest absolute Gasteiger partial charge is 0.396 e. The van der Waals surface area contributed by atoms with Crippen molar-refractivity contribution >= 4 is 39.7 Å². The number of nitrogens with two attached hydrogens (primary N) is 1. The molecular formula is C14H21N3O2S2. The van der Waals surface area contributed by atoms with Crippen LogP contribution in [0.1, 0.15) is 22.5 Å². The van der Waals surface area contributed by atoms with E-state index < -0.39 is 0 Å². The fraction of sp³-hybridized carbons (Fsp3) is 0.500. The van der Waals surface area contributed by atoms with Crippen LogP contribution in [0.25, 0.3) is 0 Å². The summed E-state index contributed by atoms with van der Waals surface area (Å²) >= 11 is 2.94. The highest BCUT2D eigenvalue weighted by atomic mass is 32.2. The lowest BCUT2D eigenvalue weighted by atomic mass is 10.1. The quantitative estimate of drug-likeness (QED) is 0.569. The molecule has 1 aromatic heterocycles. The van der Waals surface area contributed by atoms with Gasteiger partial charge in [-0.2, -0.15) is 0 Å². The summed E-state index contributed by atoms with van der Waals surface area (Å²) in [5.74, 6) is -0.170. The molecule has 4 N–H and O–H groups in total. The summed E-state index contributed by atoms with van der Waals surface area (Å²) in [6.45, 7) is 5.49. The lowest BCUT2D eigenvalue weighted by Gasteiger charge is -2.31. The Morgan fingerprint density at radius 1 is 1.71 bits per heavy atom. The number of rotatable bonds is 5. The van der Waals surface area contributed by atoms with Gasteiger partial charge in [0.25, 0.3) is 5.91 Å². The van der Waals surface area contributed by atoms with Crippen molar-refractivity contribution in [3.05, 3.63) is 17.5 Å². The van der Waals surface area contributed by atoms with E-state index in [0.29, 0.717) is 23.7 Å². The number of thiophene rings is 1. The maximum Gasteiger partial charge on any atom is 0.263 e. The molecule has 0 bridgehead atoms. The highest BCUT2D eigenvalue weighted by Gasteiger charge is 2.26. The van der Waals surface area contributed by atoms with Crippen LogP contribution in [-0.2, 0) is 0 Å². The number of nitrogens with one attached hydrogen (secondary N) is 1. The molecule has 2 rings (SSSR count). The van der Waals surface area contributed by atoms with Gasteiger partial charge in [0.2, 0.25) is 0 Å². The second kappa shape index (κ2) is 7.20. The van der Waals surface area contributed by atoms with Crippen LogP contribution in [0.15, 0.2) is 17.6 Å². The second-order valence-corrected chi connectivity index (χ2v) is 6.74. The number of nitrogens with zero attached hydrogens (tertiary/aromatic N) is 1. The number of amides is 1. The summed E-state index contributed by atoms with van der Waals surface area (Å²) in [6, 6.07) is 0. The molecule has 1 atom stereocenters. The molecule has 0 aliphatic carbocycles. The van der Waals surface area contributed by atoms with Crippen molar-refractivity contribution in [2.45, 2.75) is 23.8 Å². The summed E-state index contributed by atoms with van der Waals surface area (Å²) in [4.78, 5) is 15.7. The van der Waals surface area contributed by atoms with Crippen LogP contribution in [-0.4, -0.2) is 43.0 Å². The summed E-state index contributed by atoms with van der Waals surface area (Å²) in [5.41, 5.74) is 6.67. The lowest BCUT2D eigenvalue weighted by molar-refractivity contribution is 0.0962. The van der Waals surface area contributed by atoms with Crippen LogP contribution >= 0.6 is 23.1 Å². The molecule has 5 nitrogen and oxygen atoms in total. The summed E-state index contributed by atoms with van der Waals surface area (Å²) < 4.78 is 0. The monoisotopic (exact) mass is 327 g/mol. The summed E-state index contributed by atoms with van der Waals surface area (Å²) in [5, 5.41) is 13.6. The zero-order valence-corrected chi connectivity index (χ0v) is 13.7. The third-order valence-electron chi connectivity index (χ3n) is 3.38. The standard InChI is InChI=1S/C14H21N3O2S2/c1-3-6-16-13(19)11-10(15)12(20-2)14(21-11)17-7-4-5-9(18)8-17/h3,9,18H,1,4-8,15H2,2H3,(H,16,19).